The summed E-state index contributed by atoms with van der Waals surface area (Å²) in [7, 11) is 0. The van der Waals surface area contributed by atoms with E-state index < -0.39 is 11.7 Å². The number of halogens is 3. The maximum Gasteiger partial charge on any atom is 0.411 e. The molecule has 0 amide bonds. The van der Waals surface area contributed by atoms with E-state index in [1.54, 1.807) is 18.2 Å². The van der Waals surface area contributed by atoms with Gasteiger partial charge in [0.15, 0.2) is 0 Å². The first kappa shape index (κ1) is 11.2. The molecule has 4 N–H and O–H groups in total. The minimum absolute atomic E-state index is 0.0791. The normalized spacial score (nSPS) is 17.9. The van der Waals surface area contributed by atoms with Crippen LogP contribution in [0.15, 0.2) is 18.2 Å². The van der Waals surface area contributed by atoms with Crippen LogP contribution < -0.4 is 11.1 Å². The molecule has 3 rings (SSSR count). The lowest BCUT2D eigenvalue weighted by Crippen LogP contribution is -2.38. The Kier molecular flexibility index (Phi) is 2.05. The molecule has 1 fully saturated rings. The molecule has 4 nitrogen and oxygen atoms in total. The molecule has 0 bridgehead atoms. The number of H-pyrrole nitrogens is 1. The van der Waals surface area contributed by atoms with Crippen molar-refractivity contribution in [2.24, 2.45) is 0 Å². The number of hydrogen-bond donors (Lipinski definition) is 3. The molecular weight excluding hydrogens is 245 g/mol. The predicted molar refractivity (Wildman–Crippen MR) is 62.1 cm³/mol. The third kappa shape index (κ3) is 1.66. The molecule has 1 saturated carbocycles. The van der Waals surface area contributed by atoms with Gasteiger partial charge in [-0.2, -0.15) is 13.2 Å². The van der Waals surface area contributed by atoms with E-state index in [0.717, 1.165) is 0 Å². The highest BCUT2D eigenvalue weighted by Crippen LogP contribution is 2.50. The van der Waals surface area contributed by atoms with Gasteiger partial charge in [-0.25, -0.2) is 4.98 Å². The number of fused-ring (bicyclic) bond motifs is 1. The third-order valence-electron chi connectivity index (χ3n) is 3.16. The van der Waals surface area contributed by atoms with Gasteiger partial charge >= 0.3 is 6.18 Å². The van der Waals surface area contributed by atoms with Gasteiger partial charge in [-0.3, -0.25) is 0 Å². The summed E-state index contributed by atoms with van der Waals surface area (Å²) in [6.45, 7) is 0. The van der Waals surface area contributed by atoms with Crippen LogP contribution in [0.4, 0.5) is 24.8 Å². The number of aromatic amines is 1. The zero-order valence-corrected chi connectivity index (χ0v) is 9.30. The summed E-state index contributed by atoms with van der Waals surface area (Å²) in [6, 6.07) is 4.96. The molecule has 18 heavy (non-hydrogen) atoms. The van der Waals surface area contributed by atoms with Gasteiger partial charge in [0.1, 0.15) is 5.54 Å². The second kappa shape index (κ2) is 3.30. The molecule has 0 spiro atoms. The number of nitrogens with two attached hydrogens (primary N) is 1. The maximum atomic E-state index is 12.8. The van der Waals surface area contributed by atoms with Crippen LogP contribution in [0.25, 0.3) is 11.0 Å². The van der Waals surface area contributed by atoms with Crippen LogP contribution in [0, 0.1) is 0 Å². The summed E-state index contributed by atoms with van der Waals surface area (Å²) < 4.78 is 38.3. The number of anilines is 2. The second-order valence-electron chi connectivity index (χ2n) is 4.57. The van der Waals surface area contributed by atoms with E-state index in [4.69, 9.17) is 5.73 Å². The molecule has 0 aliphatic heterocycles. The van der Waals surface area contributed by atoms with Gasteiger partial charge in [-0.1, -0.05) is 0 Å². The van der Waals surface area contributed by atoms with Crippen LogP contribution >= 0.6 is 0 Å². The van der Waals surface area contributed by atoms with Crippen molar-refractivity contribution >= 4 is 22.7 Å². The van der Waals surface area contributed by atoms with Crippen molar-refractivity contribution in [3.63, 3.8) is 0 Å². The number of rotatable bonds is 2. The summed E-state index contributed by atoms with van der Waals surface area (Å²) in [5.74, 6) is 0.130. The van der Waals surface area contributed by atoms with Crippen LogP contribution in [-0.4, -0.2) is 21.7 Å². The highest BCUT2D eigenvalue weighted by Gasteiger charge is 2.63. The van der Waals surface area contributed by atoms with Gasteiger partial charge in [-0.05, 0) is 31.0 Å². The fourth-order valence-corrected chi connectivity index (χ4v) is 1.92. The molecular formula is C11H11F3N4. The first-order valence-electron chi connectivity index (χ1n) is 5.50. The lowest BCUT2D eigenvalue weighted by Gasteiger charge is -2.19. The van der Waals surface area contributed by atoms with Gasteiger partial charge in [0, 0.05) is 5.69 Å². The smallest absolute Gasteiger partial charge is 0.399 e. The molecule has 0 atom stereocenters. The Morgan fingerprint density at radius 2 is 2.06 bits per heavy atom. The molecule has 1 heterocycles. The molecule has 1 aliphatic carbocycles. The number of hydrogen-bond acceptors (Lipinski definition) is 3. The monoisotopic (exact) mass is 256 g/mol. The third-order valence-corrected chi connectivity index (χ3v) is 3.16. The quantitative estimate of drug-likeness (QED) is 0.723. The van der Waals surface area contributed by atoms with Gasteiger partial charge in [0.2, 0.25) is 5.95 Å². The van der Waals surface area contributed by atoms with E-state index in [1.807, 2.05) is 0 Å². The number of imidazole rings is 1. The SMILES string of the molecule is Nc1ccc2nc(NC3(C(F)(F)F)CC3)[nH]c2c1. The molecule has 96 valence electrons. The molecule has 0 radical (unpaired) electrons. The second-order valence-corrected chi connectivity index (χ2v) is 4.57. The van der Waals surface area contributed by atoms with Crippen molar-refractivity contribution in [1.29, 1.82) is 0 Å². The largest absolute Gasteiger partial charge is 0.411 e. The Morgan fingerprint density at radius 3 is 2.67 bits per heavy atom. The highest BCUT2D eigenvalue weighted by atomic mass is 19.4. The standard InChI is InChI=1S/C11H11F3N4/c12-11(13,14)10(3-4-10)18-9-16-7-2-1-6(15)5-8(7)17-9/h1-2,5H,3-4,15H2,(H2,16,17,18). The Balaban J connectivity index is 1.92. The van der Waals surface area contributed by atoms with Crippen molar-refractivity contribution in [3.05, 3.63) is 18.2 Å². The fraction of sp³-hybridized carbons (Fsp3) is 0.364. The first-order valence-corrected chi connectivity index (χ1v) is 5.50. The van der Waals surface area contributed by atoms with Crippen molar-refractivity contribution in [2.45, 2.75) is 24.6 Å². The van der Waals surface area contributed by atoms with Gasteiger partial charge in [0.05, 0.1) is 11.0 Å². The van der Waals surface area contributed by atoms with E-state index >= 15 is 0 Å². The lowest BCUT2D eigenvalue weighted by molar-refractivity contribution is -0.151. The Morgan fingerprint density at radius 1 is 1.33 bits per heavy atom. The predicted octanol–water partition coefficient (Wildman–Crippen LogP) is 2.65. The molecule has 0 unspecified atom stereocenters. The minimum Gasteiger partial charge on any atom is -0.399 e. The lowest BCUT2D eigenvalue weighted by atomic mass is 10.3. The molecule has 1 aromatic heterocycles. The average molecular weight is 256 g/mol. The van der Waals surface area contributed by atoms with Crippen molar-refractivity contribution < 1.29 is 13.2 Å². The Hall–Kier alpha value is -1.92. The zero-order valence-electron chi connectivity index (χ0n) is 9.30. The summed E-state index contributed by atoms with van der Waals surface area (Å²) in [4.78, 5) is 6.87. The number of nitrogen functional groups attached to an aromatic ring is 1. The molecule has 0 saturated heterocycles. The Bertz CT molecular complexity index is 598. The van der Waals surface area contributed by atoms with Crippen LogP contribution in [0.3, 0.4) is 0 Å². The summed E-state index contributed by atoms with van der Waals surface area (Å²) in [5.41, 5.74) is 5.53. The van der Waals surface area contributed by atoms with Gasteiger partial charge < -0.3 is 16.0 Å². The highest BCUT2D eigenvalue weighted by molar-refractivity contribution is 5.80. The first-order chi connectivity index (χ1) is 8.40. The van der Waals surface area contributed by atoms with Crippen LogP contribution in [0.1, 0.15) is 12.8 Å². The zero-order chi connectivity index (χ0) is 13.0. The molecule has 7 heteroatoms. The number of nitrogens with one attached hydrogen (secondary N) is 2. The van der Waals surface area contributed by atoms with E-state index in [2.05, 4.69) is 15.3 Å². The number of aromatic nitrogens is 2. The molecule has 2 aromatic rings. The van der Waals surface area contributed by atoms with Crippen LogP contribution in [0.2, 0.25) is 0 Å². The van der Waals surface area contributed by atoms with E-state index in [-0.39, 0.29) is 18.8 Å². The molecule has 1 aliphatic rings. The summed E-state index contributed by atoms with van der Waals surface area (Å²) >= 11 is 0. The van der Waals surface area contributed by atoms with E-state index in [0.29, 0.717) is 16.7 Å². The molecule has 1 aromatic carbocycles. The topological polar surface area (TPSA) is 66.7 Å². The van der Waals surface area contributed by atoms with E-state index in [9.17, 15) is 13.2 Å². The summed E-state index contributed by atoms with van der Waals surface area (Å²) in [6.07, 6.45) is -4.10. The van der Waals surface area contributed by atoms with Crippen molar-refractivity contribution in [1.82, 2.24) is 9.97 Å². The van der Waals surface area contributed by atoms with Crippen molar-refractivity contribution in [2.75, 3.05) is 11.1 Å². The van der Waals surface area contributed by atoms with Crippen molar-refractivity contribution in [3.8, 4) is 0 Å². The fourth-order valence-electron chi connectivity index (χ4n) is 1.92. The Labute approximate surface area is 100 Å². The minimum atomic E-state index is -4.26. The van der Waals surface area contributed by atoms with Crippen LogP contribution in [-0.2, 0) is 0 Å². The number of alkyl halides is 3. The maximum absolute atomic E-state index is 12.8. The average Bonchev–Trinajstić information content (AvgIpc) is 2.92. The van der Waals surface area contributed by atoms with Gasteiger partial charge in [-0.15, -0.1) is 0 Å². The van der Waals surface area contributed by atoms with Crippen LogP contribution in [0.5, 0.6) is 0 Å². The van der Waals surface area contributed by atoms with Gasteiger partial charge in [0.25, 0.3) is 0 Å². The number of nitrogens with zero attached hydrogens (tertiary/aromatic N) is 1. The van der Waals surface area contributed by atoms with E-state index in [1.165, 1.54) is 0 Å². The number of benzene rings is 1. The summed E-state index contributed by atoms with van der Waals surface area (Å²) in [5, 5.41) is 2.45.